The topological polar surface area (TPSA) is 60.7 Å². The molecule has 28 heavy (non-hydrogen) atoms. The minimum absolute atomic E-state index is 0.304. The molecular weight excluding hydrogens is 392 g/mol. The average molecular weight is 411 g/mol. The van der Waals surface area contributed by atoms with Crippen LogP contribution in [0.5, 0.6) is 0 Å². The van der Waals surface area contributed by atoms with E-state index in [1.807, 2.05) is 66.1 Å². The molecule has 0 aliphatic rings. The maximum absolute atomic E-state index is 12.9. The van der Waals surface area contributed by atoms with Gasteiger partial charge in [-0.15, -0.1) is 11.3 Å². The van der Waals surface area contributed by atoms with E-state index in [-0.39, 0.29) is 11.9 Å². The van der Waals surface area contributed by atoms with Gasteiger partial charge in [0.1, 0.15) is 6.04 Å². The van der Waals surface area contributed by atoms with Crippen LogP contribution in [-0.2, 0) is 9.53 Å². The van der Waals surface area contributed by atoms with Gasteiger partial charge in [0, 0.05) is 4.70 Å². The number of benzene rings is 2. The van der Waals surface area contributed by atoms with Crippen molar-refractivity contribution in [2.45, 2.75) is 19.4 Å². The highest BCUT2D eigenvalue weighted by Crippen LogP contribution is 2.26. The van der Waals surface area contributed by atoms with Crippen molar-refractivity contribution in [1.82, 2.24) is 4.57 Å². The molecule has 0 aliphatic carbocycles. The molecule has 7 heteroatoms. The zero-order valence-corrected chi connectivity index (χ0v) is 17.0. The van der Waals surface area contributed by atoms with Crippen molar-refractivity contribution < 1.29 is 14.3 Å². The van der Waals surface area contributed by atoms with Gasteiger partial charge in [-0.3, -0.25) is 4.79 Å². The van der Waals surface area contributed by atoms with Crippen LogP contribution >= 0.6 is 22.7 Å². The maximum atomic E-state index is 12.9. The van der Waals surface area contributed by atoms with Gasteiger partial charge in [-0.25, -0.2) is 4.79 Å². The minimum Gasteiger partial charge on any atom is -0.467 e. The lowest BCUT2D eigenvalue weighted by atomic mass is 10.2. The van der Waals surface area contributed by atoms with Gasteiger partial charge >= 0.3 is 5.97 Å². The fraction of sp³-hybridized carbons (Fsp3) is 0.190. The number of fused-ring (bicyclic) bond motifs is 2. The van der Waals surface area contributed by atoms with Crippen molar-refractivity contribution in [2.75, 3.05) is 7.11 Å². The predicted octanol–water partition coefficient (Wildman–Crippen LogP) is 4.78. The Morgan fingerprint density at radius 3 is 2.50 bits per heavy atom. The molecule has 0 N–H and O–H groups in total. The lowest BCUT2D eigenvalue weighted by molar-refractivity contribution is -0.144. The molecule has 2 aromatic heterocycles. The molecule has 4 aromatic rings. The number of carbonyl (C=O) groups excluding carboxylic acids is 2. The Morgan fingerprint density at radius 2 is 1.79 bits per heavy atom. The number of hydrogen-bond donors (Lipinski definition) is 0. The van der Waals surface area contributed by atoms with E-state index < -0.39 is 6.04 Å². The van der Waals surface area contributed by atoms with Crippen LogP contribution < -0.4 is 4.80 Å². The van der Waals surface area contributed by atoms with Gasteiger partial charge in [-0.1, -0.05) is 48.6 Å². The number of rotatable bonds is 4. The van der Waals surface area contributed by atoms with Crippen molar-refractivity contribution in [1.29, 1.82) is 0 Å². The molecule has 0 saturated carbocycles. The second kappa shape index (κ2) is 7.69. The molecule has 0 saturated heterocycles. The Bertz CT molecular complexity index is 1220. The zero-order chi connectivity index (χ0) is 19.7. The molecule has 0 aliphatic heterocycles. The Morgan fingerprint density at radius 1 is 1.07 bits per heavy atom. The first kappa shape index (κ1) is 18.6. The lowest BCUT2D eigenvalue weighted by Gasteiger charge is -2.15. The Balaban J connectivity index is 1.88. The third-order valence-electron chi connectivity index (χ3n) is 4.54. The summed E-state index contributed by atoms with van der Waals surface area (Å²) in [6.07, 6.45) is 0.539. The number of carbonyl (C=O) groups is 2. The monoisotopic (exact) mass is 410 g/mol. The van der Waals surface area contributed by atoms with Gasteiger partial charge in [0.05, 0.1) is 22.2 Å². The molecule has 0 radical (unpaired) electrons. The van der Waals surface area contributed by atoms with Crippen LogP contribution in [0.3, 0.4) is 0 Å². The van der Waals surface area contributed by atoms with E-state index in [4.69, 9.17) is 4.74 Å². The number of thiophene rings is 1. The molecule has 5 nitrogen and oxygen atoms in total. The summed E-state index contributed by atoms with van der Waals surface area (Å²) in [6.45, 7) is 1.92. The van der Waals surface area contributed by atoms with E-state index in [9.17, 15) is 9.59 Å². The van der Waals surface area contributed by atoms with E-state index in [1.54, 1.807) is 0 Å². The summed E-state index contributed by atoms with van der Waals surface area (Å²) in [7, 11) is 1.37. The molecule has 1 atom stereocenters. The van der Waals surface area contributed by atoms with Gasteiger partial charge in [-0.2, -0.15) is 4.99 Å². The summed E-state index contributed by atoms with van der Waals surface area (Å²) in [5, 5.41) is 1.02. The average Bonchev–Trinajstić information content (AvgIpc) is 3.30. The second-order valence-corrected chi connectivity index (χ2v) is 8.33. The summed E-state index contributed by atoms with van der Waals surface area (Å²) in [5.74, 6) is -0.650. The van der Waals surface area contributed by atoms with Crippen LogP contribution in [0.25, 0.3) is 20.3 Å². The molecule has 2 aromatic carbocycles. The number of thiazole rings is 1. The molecule has 1 amide bonds. The molecular formula is C21H18N2O3S2. The number of para-hydroxylation sites is 1. The third kappa shape index (κ3) is 3.27. The number of ether oxygens (including phenoxy) is 1. The Hall–Kier alpha value is -2.77. The largest absolute Gasteiger partial charge is 0.467 e. The molecule has 0 fully saturated rings. The standard InChI is InChI=1S/C21H18N2O3S2/c1-3-14(20(25)26-2)23-15-9-5-7-11-17(15)28-21(23)22-19(24)18-12-13-8-4-6-10-16(13)27-18/h4-12,14H,3H2,1-2H3. The molecule has 0 bridgehead atoms. The third-order valence-corrected chi connectivity index (χ3v) is 6.68. The van der Waals surface area contributed by atoms with Crippen molar-refractivity contribution >= 4 is 54.9 Å². The summed E-state index contributed by atoms with van der Waals surface area (Å²) >= 11 is 2.82. The highest BCUT2D eigenvalue weighted by atomic mass is 32.1. The van der Waals surface area contributed by atoms with Crippen molar-refractivity contribution in [2.24, 2.45) is 4.99 Å². The van der Waals surface area contributed by atoms with Crippen molar-refractivity contribution in [3.63, 3.8) is 0 Å². The van der Waals surface area contributed by atoms with Gasteiger partial charge < -0.3 is 9.30 Å². The smallest absolute Gasteiger partial charge is 0.328 e. The second-order valence-electron chi connectivity index (χ2n) is 6.24. The van der Waals surface area contributed by atoms with Crippen LogP contribution in [0.15, 0.2) is 59.6 Å². The summed E-state index contributed by atoms with van der Waals surface area (Å²) in [6, 6.07) is 16.9. The first-order chi connectivity index (χ1) is 13.6. The molecule has 0 spiro atoms. The predicted molar refractivity (Wildman–Crippen MR) is 113 cm³/mol. The molecule has 1 unspecified atom stereocenters. The number of amides is 1. The number of methoxy groups -OCH3 is 1. The van der Waals surface area contributed by atoms with Crippen molar-refractivity contribution in [3.05, 3.63) is 64.3 Å². The van der Waals surface area contributed by atoms with E-state index in [0.717, 1.165) is 20.3 Å². The fourth-order valence-corrected chi connectivity index (χ4v) is 5.20. The quantitative estimate of drug-likeness (QED) is 0.455. The van der Waals surface area contributed by atoms with E-state index in [2.05, 4.69) is 4.99 Å². The van der Waals surface area contributed by atoms with Crippen LogP contribution in [0.2, 0.25) is 0 Å². The van der Waals surface area contributed by atoms with Gasteiger partial charge in [0.25, 0.3) is 5.91 Å². The van der Waals surface area contributed by atoms with Crippen LogP contribution in [0.1, 0.15) is 29.1 Å². The molecule has 142 valence electrons. The van der Waals surface area contributed by atoms with Crippen molar-refractivity contribution in [3.8, 4) is 0 Å². The summed E-state index contributed by atoms with van der Waals surface area (Å²) in [4.78, 5) is 30.7. The summed E-state index contributed by atoms with van der Waals surface area (Å²) in [5.41, 5.74) is 0.868. The normalized spacial score (nSPS) is 13.1. The number of aromatic nitrogens is 1. The highest BCUT2D eigenvalue weighted by Gasteiger charge is 2.23. The number of hydrogen-bond acceptors (Lipinski definition) is 5. The summed E-state index contributed by atoms with van der Waals surface area (Å²) < 4.78 is 8.81. The van der Waals surface area contributed by atoms with E-state index >= 15 is 0 Å². The SMILES string of the molecule is CCC(C(=O)OC)n1c(=NC(=O)c2cc3ccccc3s2)sc2ccccc21. The maximum Gasteiger partial charge on any atom is 0.328 e. The minimum atomic E-state index is -0.532. The fourth-order valence-electron chi connectivity index (χ4n) is 3.19. The van der Waals surface area contributed by atoms with E-state index in [0.29, 0.717) is 16.1 Å². The van der Waals surface area contributed by atoms with Gasteiger partial charge in [0.15, 0.2) is 4.80 Å². The van der Waals surface area contributed by atoms with Gasteiger partial charge in [0.2, 0.25) is 0 Å². The molecule has 4 rings (SSSR count). The van der Waals surface area contributed by atoms with Crippen LogP contribution in [0.4, 0.5) is 0 Å². The van der Waals surface area contributed by atoms with Gasteiger partial charge in [-0.05, 0) is 36.1 Å². The van der Waals surface area contributed by atoms with Crippen LogP contribution in [-0.4, -0.2) is 23.6 Å². The first-order valence-corrected chi connectivity index (χ1v) is 10.5. The zero-order valence-electron chi connectivity index (χ0n) is 15.4. The highest BCUT2D eigenvalue weighted by molar-refractivity contribution is 7.20. The van der Waals surface area contributed by atoms with Crippen LogP contribution in [0, 0.1) is 0 Å². The Kier molecular flexibility index (Phi) is 5.11. The first-order valence-electron chi connectivity index (χ1n) is 8.88. The number of esters is 1. The molecule has 2 heterocycles. The van der Waals surface area contributed by atoms with E-state index in [1.165, 1.54) is 29.8 Å². The Labute approximate surface area is 169 Å². The lowest BCUT2D eigenvalue weighted by Crippen LogP contribution is -2.28. The number of nitrogens with zero attached hydrogens (tertiary/aromatic N) is 2.